The lowest BCUT2D eigenvalue weighted by Gasteiger charge is -2.40. The van der Waals surface area contributed by atoms with Gasteiger partial charge in [0.15, 0.2) is 11.5 Å². The lowest BCUT2D eigenvalue weighted by Crippen LogP contribution is -2.45. The number of rotatable bonds is 3. The molecule has 1 aliphatic rings. The van der Waals surface area contributed by atoms with Gasteiger partial charge in [0.05, 0.1) is 14.2 Å². The van der Waals surface area contributed by atoms with E-state index in [2.05, 4.69) is 32.0 Å². The molecule has 0 saturated carbocycles. The summed E-state index contributed by atoms with van der Waals surface area (Å²) in [5.74, 6) is 1.21. The third kappa shape index (κ3) is 2.84. The Bertz CT molecular complexity index is 767. The summed E-state index contributed by atoms with van der Waals surface area (Å²) in [5, 5.41) is 0. The molecule has 1 heterocycles. The first-order chi connectivity index (χ1) is 11.5. The van der Waals surface area contributed by atoms with E-state index in [4.69, 9.17) is 9.47 Å². The Morgan fingerprint density at radius 2 is 1.75 bits per heavy atom. The molecule has 0 bridgehead atoms. The van der Waals surface area contributed by atoms with Gasteiger partial charge in [0, 0.05) is 24.1 Å². The fourth-order valence-corrected chi connectivity index (χ4v) is 3.44. The number of amides is 1. The van der Waals surface area contributed by atoms with Gasteiger partial charge < -0.3 is 14.4 Å². The van der Waals surface area contributed by atoms with Crippen molar-refractivity contribution in [2.75, 3.05) is 20.8 Å². The number of hydrogen-bond acceptors (Lipinski definition) is 3. The van der Waals surface area contributed by atoms with Crippen molar-refractivity contribution in [2.45, 2.75) is 25.8 Å². The summed E-state index contributed by atoms with van der Waals surface area (Å²) in [5.41, 5.74) is 3.08. The van der Waals surface area contributed by atoms with Crippen LogP contribution < -0.4 is 9.47 Å². The predicted octanol–water partition coefficient (Wildman–Crippen LogP) is 3.64. The van der Waals surface area contributed by atoms with Crippen LogP contribution in [-0.4, -0.2) is 31.6 Å². The lowest BCUT2D eigenvalue weighted by molar-refractivity contribution is 0.0686. The van der Waals surface area contributed by atoms with Gasteiger partial charge in [0.25, 0.3) is 5.91 Å². The zero-order valence-corrected chi connectivity index (χ0v) is 14.6. The molecule has 0 atom stereocenters. The third-order valence-electron chi connectivity index (χ3n) is 4.61. The van der Waals surface area contributed by atoms with E-state index in [1.807, 2.05) is 11.0 Å². The van der Waals surface area contributed by atoms with E-state index in [1.54, 1.807) is 32.4 Å². The molecule has 2 aromatic rings. The summed E-state index contributed by atoms with van der Waals surface area (Å²) in [6.45, 7) is 5.68. The second-order valence-corrected chi connectivity index (χ2v) is 6.77. The minimum Gasteiger partial charge on any atom is -0.493 e. The highest BCUT2D eigenvalue weighted by molar-refractivity contribution is 5.95. The summed E-state index contributed by atoms with van der Waals surface area (Å²) >= 11 is 0. The minimum atomic E-state index is -0.0684. The van der Waals surface area contributed by atoms with Gasteiger partial charge in [0.2, 0.25) is 0 Å². The molecule has 0 spiro atoms. The van der Waals surface area contributed by atoms with E-state index in [0.29, 0.717) is 30.2 Å². The van der Waals surface area contributed by atoms with Crippen LogP contribution in [0.4, 0.5) is 0 Å². The zero-order valence-electron chi connectivity index (χ0n) is 14.6. The molecule has 4 heteroatoms. The number of methoxy groups -OCH3 is 2. The second-order valence-electron chi connectivity index (χ2n) is 6.77. The molecule has 1 amide bonds. The van der Waals surface area contributed by atoms with Crippen molar-refractivity contribution < 1.29 is 14.3 Å². The highest BCUT2D eigenvalue weighted by atomic mass is 16.5. The predicted molar refractivity (Wildman–Crippen MR) is 93.8 cm³/mol. The molecule has 3 rings (SSSR count). The molecule has 126 valence electrons. The van der Waals surface area contributed by atoms with Gasteiger partial charge in [-0.25, -0.2) is 0 Å². The first-order valence-corrected chi connectivity index (χ1v) is 8.06. The van der Waals surface area contributed by atoms with Crippen LogP contribution in [0.5, 0.6) is 11.5 Å². The molecule has 24 heavy (non-hydrogen) atoms. The number of carbonyl (C=O) groups excluding carboxylic acids is 1. The number of nitrogens with zero attached hydrogens (tertiary/aromatic N) is 1. The Kier molecular flexibility index (Phi) is 4.22. The second kappa shape index (κ2) is 6.19. The summed E-state index contributed by atoms with van der Waals surface area (Å²) in [6.07, 6.45) is 0. The first kappa shape index (κ1) is 16.4. The molecule has 0 fully saturated rings. The highest BCUT2D eigenvalue weighted by Crippen LogP contribution is 2.34. The Balaban J connectivity index is 1.92. The van der Waals surface area contributed by atoms with Gasteiger partial charge in [-0.2, -0.15) is 0 Å². The van der Waals surface area contributed by atoms with Gasteiger partial charge in [-0.15, -0.1) is 0 Å². The Morgan fingerprint density at radius 3 is 2.46 bits per heavy atom. The molecule has 0 aliphatic carbocycles. The normalized spacial score (nSPS) is 15.6. The molecule has 4 nitrogen and oxygen atoms in total. The summed E-state index contributed by atoms with van der Waals surface area (Å²) in [4.78, 5) is 14.9. The van der Waals surface area contributed by atoms with Crippen molar-refractivity contribution in [1.29, 1.82) is 0 Å². The lowest BCUT2D eigenvalue weighted by atomic mass is 9.78. The Hall–Kier alpha value is -2.49. The molecule has 0 unspecified atom stereocenters. The Morgan fingerprint density at radius 1 is 1.04 bits per heavy atom. The SMILES string of the molecule is COc1ccc(C(=O)N2Cc3ccccc3C(C)(C)C2)cc1OC. The van der Waals surface area contributed by atoms with Crippen LogP contribution in [0.15, 0.2) is 42.5 Å². The minimum absolute atomic E-state index is 0.0125. The van der Waals surface area contributed by atoms with Crippen molar-refractivity contribution in [3.8, 4) is 11.5 Å². The number of ether oxygens (including phenoxy) is 2. The van der Waals surface area contributed by atoms with Crippen molar-refractivity contribution in [1.82, 2.24) is 4.90 Å². The monoisotopic (exact) mass is 325 g/mol. The van der Waals surface area contributed by atoms with E-state index < -0.39 is 0 Å². The molecule has 0 aromatic heterocycles. The molecule has 1 aliphatic heterocycles. The van der Waals surface area contributed by atoms with E-state index in [0.717, 1.165) is 0 Å². The van der Waals surface area contributed by atoms with Crippen LogP contribution in [0.3, 0.4) is 0 Å². The van der Waals surface area contributed by atoms with Gasteiger partial charge >= 0.3 is 0 Å². The van der Waals surface area contributed by atoms with Gasteiger partial charge in [-0.05, 0) is 29.3 Å². The number of benzene rings is 2. The first-order valence-electron chi connectivity index (χ1n) is 8.06. The van der Waals surface area contributed by atoms with Gasteiger partial charge in [-0.3, -0.25) is 4.79 Å². The third-order valence-corrected chi connectivity index (χ3v) is 4.61. The van der Waals surface area contributed by atoms with Crippen LogP contribution in [0.2, 0.25) is 0 Å². The number of carbonyl (C=O) groups is 1. The molecule has 2 aromatic carbocycles. The highest BCUT2D eigenvalue weighted by Gasteiger charge is 2.34. The van der Waals surface area contributed by atoms with Gasteiger partial charge in [-0.1, -0.05) is 38.1 Å². The number of fused-ring (bicyclic) bond motifs is 1. The summed E-state index contributed by atoms with van der Waals surface area (Å²) < 4.78 is 10.6. The van der Waals surface area contributed by atoms with Crippen molar-refractivity contribution in [2.24, 2.45) is 0 Å². The topological polar surface area (TPSA) is 38.8 Å². The van der Waals surface area contributed by atoms with Crippen LogP contribution >= 0.6 is 0 Å². The molecule has 0 radical (unpaired) electrons. The Labute approximate surface area is 143 Å². The standard InChI is InChI=1S/C20H23NO3/c1-20(2)13-21(12-15-7-5-6-8-16(15)20)19(22)14-9-10-17(23-3)18(11-14)24-4/h5-11H,12-13H2,1-4H3. The molecule has 0 N–H and O–H groups in total. The van der Waals surface area contributed by atoms with E-state index in [1.165, 1.54) is 11.1 Å². The maximum atomic E-state index is 13.0. The van der Waals surface area contributed by atoms with Crippen molar-refractivity contribution >= 4 is 5.91 Å². The zero-order chi connectivity index (χ0) is 17.3. The largest absolute Gasteiger partial charge is 0.493 e. The van der Waals surface area contributed by atoms with Crippen LogP contribution in [0.1, 0.15) is 35.3 Å². The quantitative estimate of drug-likeness (QED) is 0.865. The van der Waals surface area contributed by atoms with Gasteiger partial charge in [0.1, 0.15) is 0 Å². The van der Waals surface area contributed by atoms with Crippen LogP contribution in [0, 0.1) is 0 Å². The summed E-state index contributed by atoms with van der Waals surface area (Å²) in [7, 11) is 3.16. The van der Waals surface area contributed by atoms with E-state index in [9.17, 15) is 4.79 Å². The molecule has 0 saturated heterocycles. The van der Waals surface area contributed by atoms with E-state index in [-0.39, 0.29) is 11.3 Å². The summed E-state index contributed by atoms with van der Waals surface area (Å²) in [6, 6.07) is 13.7. The fourth-order valence-electron chi connectivity index (χ4n) is 3.44. The van der Waals surface area contributed by atoms with Crippen molar-refractivity contribution in [3.05, 3.63) is 59.2 Å². The smallest absolute Gasteiger partial charge is 0.254 e. The van der Waals surface area contributed by atoms with E-state index >= 15 is 0 Å². The fraction of sp³-hybridized carbons (Fsp3) is 0.350. The number of hydrogen-bond donors (Lipinski definition) is 0. The average Bonchev–Trinajstić information content (AvgIpc) is 2.59. The molecular formula is C20H23NO3. The average molecular weight is 325 g/mol. The molecular weight excluding hydrogens is 302 g/mol. The maximum Gasteiger partial charge on any atom is 0.254 e. The van der Waals surface area contributed by atoms with Crippen LogP contribution in [0.25, 0.3) is 0 Å². The maximum absolute atomic E-state index is 13.0. The van der Waals surface area contributed by atoms with Crippen LogP contribution in [-0.2, 0) is 12.0 Å². The van der Waals surface area contributed by atoms with Crippen molar-refractivity contribution in [3.63, 3.8) is 0 Å².